The topological polar surface area (TPSA) is 25.2 Å². The summed E-state index contributed by atoms with van der Waals surface area (Å²) in [4.78, 5) is 1.28. The molecule has 2 nitrogen and oxygen atoms in total. The molecule has 0 radical (unpaired) electrons. The normalized spacial score (nSPS) is 12.9. The van der Waals surface area contributed by atoms with E-state index in [0.717, 1.165) is 10.8 Å². The third-order valence-corrected chi connectivity index (χ3v) is 3.58. The number of likely N-dealkylation sites (N-methyl/N-ethyl adjacent to an activating group) is 1. The molecule has 1 N–H and O–H groups in total. The van der Waals surface area contributed by atoms with E-state index in [9.17, 15) is 0 Å². The summed E-state index contributed by atoms with van der Waals surface area (Å²) in [6.45, 7) is 0. The lowest BCUT2D eigenvalue weighted by molar-refractivity contribution is 0.543. The van der Waals surface area contributed by atoms with Crippen LogP contribution < -0.4 is 5.32 Å². The molecule has 0 aliphatic heterocycles. The summed E-state index contributed by atoms with van der Waals surface area (Å²) in [6, 6.07) is 6.27. The van der Waals surface area contributed by atoms with Crippen LogP contribution in [-0.2, 0) is 6.42 Å². The molecule has 0 aliphatic carbocycles. The zero-order valence-corrected chi connectivity index (χ0v) is 9.94. The van der Waals surface area contributed by atoms with Crippen molar-refractivity contribution in [3.8, 4) is 0 Å². The average Bonchev–Trinajstić information content (AvgIpc) is 2.85. The number of rotatable bonds is 4. The van der Waals surface area contributed by atoms with Crippen LogP contribution in [0.5, 0.6) is 0 Å². The first-order chi connectivity index (χ1) is 7.29. The lowest BCUT2D eigenvalue weighted by Crippen LogP contribution is -2.17. The lowest BCUT2D eigenvalue weighted by atomic mass is 10.1. The van der Waals surface area contributed by atoms with Gasteiger partial charge in [0.15, 0.2) is 0 Å². The molecule has 2 heterocycles. The standard InChI is InChI=1S/C11H12ClNOS/c1-13-10(8-4-5-14-7-8)6-9-2-3-11(12)15-9/h2-5,7,10,13H,6H2,1H3. The van der Waals surface area contributed by atoms with Crippen molar-refractivity contribution in [1.29, 1.82) is 0 Å². The van der Waals surface area contributed by atoms with Gasteiger partial charge in [0, 0.05) is 22.9 Å². The molecular formula is C11H12ClNOS. The van der Waals surface area contributed by atoms with Gasteiger partial charge in [0.05, 0.1) is 16.9 Å². The average molecular weight is 242 g/mol. The zero-order chi connectivity index (χ0) is 10.7. The van der Waals surface area contributed by atoms with Crippen LogP contribution >= 0.6 is 22.9 Å². The summed E-state index contributed by atoms with van der Waals surface area (Å²) < 4.78 is 5.92. The maximum atomic E-state index is 5.89. The molecule has 0 amide bonds. The minimum atomic E-state index is 0.290. The highest BCUT2D eigenvalue weighted by Crippen LogP contribution is 2.26. The fraction of sp³-hybridized carbons (Fsp3) is 0.273. The minimum Gasteiger partial charge on any atom is -0.472 e. The van der Waals surface area contributed by atoms with Crippen LogP contribution in [0.2, 0.25) is 4.34 Å². The van der Waals surface area contributed by atoms with E-state index in [1.165, 1.54) is 10.4 Å². The number of furan rings is 1. The summed E-state index contributed by atoms with van der Waals surface area (Å²) in [5, 5.41) is 3.27. The van der Waals surface area contributed by atoms with Crippen LogP contribution in [0.15, 0.2) is 35.1 Å². The Kier molecular flexibility index (Phi) is 3.46. The smallest absolute Gasteiger partial charge is 0.0950 e. The Balaban J connectivity index is 2.09. The molecule has 0 aromatic carbocycles. The Morgan fingerprint density at radius 1 is 1.47 bits per heavy atom. The predicted octanol–water partition coefficient (Wildman–Crippen LogP) is 3.50. The van der Waals surface area contributed by atoms with Gasteiger partial charge in [0.2, 0.25) is 0 Å². The van der Waals surface area contributed by atoms with Crippen molar-refractivity contribution < 1.29 is 4.42 Å². The first-order valence-electron chi connectivity index (χ1n) is 4.73. The van der Waals surface area contributed by atoms with E-state index in [4.69, 9.17) is 16.0 Å². The largest absolute Gasteiger partial charge is 0.472 e. The van der Waals surface area contributed by atoms with Crippen LogP contribution in [0, 0.1) is 0 Å². The van der Waals surface area contributed by atoms with Gasteiger partial charge in [-0.05, 0) is 25.2 Å². The van der Waals surface area contributed by atoms with Gasteiger partial charge in [-0.3, -0.25) is 0 Å². The molecule has 0 spiro atoms. The van der Waals surface area contributed by atoms with E-state index in [1.54, 1.807) is 23.9 Å². The summed E-state index contributed by atoms with van der Waals surface area (Å²) in [5.74, 6) is 0. The molecule has 1 unspecified atom stereocenters. The lowest BCUT2D eigenvalue weighted by Gasteiger charge is -2.12. The number of hydrogen-bond donors (Lipinski definition) is 1. The van der Waals surface area contributed by atoms with Gasteiger partial charge in [-0.2, -0.15) is 0 Å². The van der Waals surface area contributed by atoms with Gasteiger partial charge in [-0.1, -0.05) is 11.6 Å². The van der Waals surface area contributed by atoms with Gasteiger partial charge >= 0.3 is 0 Å². The van der Waals surface area contributed by atoms with Crippen LogP contribution in [-0.4, -0.2) is 7.05 Å². The second-order valence-electron chi connectivity index (χ2n) is 3.31. The molecule has 0 aliphatic rings. The Morgan fingerprint density at radius 2 is 2.33 bits per heavy atom. The Bertz CT molecular complexity index is 410. The van der Waals surface area contributed by atoms with Crippen LogP contribution in [0.1, 0.15) is 16.5 Å². The summed E-state index contributed by atoms with van der Waals surface area (Å²) in [5.41, 5.74) is 1.17. The van der Waals surface area contributed by atoms with Gasteiger partial charge in [-0.15, -0.1) is 11.3 Å². The molecule has 0 fully saturated rings. The zero-order valence-electron chi connectivity index (χ0n) is 8.37. The molecule has 2 rings (SSSR count). The Hall–Kier alpha value is -0.770. The number of halogens is 1. The number of nitrogens with one attached hydrogen (secondary N) is 1. The van der Waals surface area contributed by atoms with Gasteiger partial charge in [-0.25, -0.2) is 0 Å². The third-order valence-electron chi connectivity index (χ3n) is 2.33. The van der Waals surface area contributed by atoms with E-state index < -0.39 is 0 Å². The molecule has 15 heavy (non-hydrogen) atoms. The minimum absolute atomic E-state index is 0.290. The molecule has 80 valence electrons. The van der Waals surface area contributed by atoms with E-state index in [1.807, 2.05) is 19.2 Å². The van der Waals surface area contributed by atoms with Crippen LogP contribution in [0.3, 0.4) is 0 Å². The van der Waals surface area contributed by atoms with E-state index in [0.29, 0.717) is 6.04 Å². The summed E-state index contributed by atoms with van der Waals surface area (Å²) in [6.07, 6.45) is 4.41. The highest BCUT2D eigenvalue weighted by atomic mass is 35.5. The predicted molar refractivity (Wildman–Crippen MR) is 63.5 cm³/mol. The first kappa shape index (κ1) is 10.7. The van der Waals surface area contributed by atoms with Crippen molar-refractivity contribution in [2.24, 2.45) is 0 Å². The third kappa shape index (κ3) is 2.62. The molecule has 0 saturated heterocycles. The highest BCUT2D eigenvalue weighted by molar-refractivity contribution is 7.16. The molecule has 0 saturated carbocycles. The quantitative estimate of drug-likeness (QED) is 0.887. The molecule has 2 aromatic heterocycles. The molecule has 1 atom stereocenters. The molecule has 0 bridgehead atoms. The highest BCUT2D eigenvalue weighted by Gasteiger charge is 2.12. The van der Waals surface area contributed by atoms with Crippen molar-refractivity contribution in [3.63, 3.8) is 0 Å². The van der Waals surface area contributed by atoms with Crippen molar-refractivity contribution in [3.05, 3.63) is 45.5 Å². The number of thiophene rings is 1. The van der Waals surface area contributed by atoms with Crippen molar-refractivity contribution in [2.75, 3.05) is 7.05 Å². The van der Waals surface area contributed by atoms with E-state index >= 15 is 0 Å². The fourth-order valence-electron chi connectivity index (χ4n) is 1.52. The van der Waals surface area contributed by atoms with Crippen molar-refractivity contribution in [2.45, 2.75) is 12.5 Å². The Morgan fingerprint density at radius 3 is 2.87 bits per heavy atom. The van der Waals surface area contributed by atoms with E-state index in [-0.39, 0.29) is 0 Å². The second kappa shape index (κ2) is 4.84. The van der Waals surface area contributed by atoms with Gasteiger partial charge in [0.1, 0.15) is 0 Å². The maximum Gasteiger partial charge on any atom is 0.0950 e. The maximum absolute atomic E-state index is 5.89. The summed E-state index contributed by atoms with van der Waals surface area (Å²) in [7, 11) is 1.95. The van der Waals surface area contributed by atoms with Gasteiger partial charge < -0.3 is 9.73 Å². The fourth-order valence-corrected chi connectivity index (χ4v) is 2.66. The number of hydrogen-bond acceptors (Lipinski definition) is 3. The van der Waals surface area contributed by atoms with E-state index in [2.05, 4.69) is 11.4 Å². The summed E-state index contributed by atoms with van der Waals surface area (Å²) >= 11 is 7.52. The molecule has 2 aromatic rings. The Labute approximate surface area is 97.9 Å². The second-order valence-corrected chi connectivity index (χ2v) is 5.11. The molecular weight excluding hydrogens is 230 g/mol. The van der Waals surface area contributed by atoms with Crippen molar-refractivity contribution in [1.82, 2.24) is 5.32 Å². The SMILES string of the molecule is CNC(Cc1ccc(Cl)s1)c1ccoc1. The van der Waals surface area contributed by atoms with Crippen LogP contribution in [0.25, 0.3) is 0 Å². The van der Waals surface area contributed by atoms with Crippen LogP contribution in [0.4, 0.5) is 0 Å². The van der Waals surface area contributed by atoms with Crippen molar-refractivity contribution >= 4 is 22.9 Å². The monoisotopic (exact) mass is 241 g/mol. The first-order valence-corrected chi connectivity index (χ1v) is 5.92. The van der Waals surface area contributed by atoms with Gasteiger partial charge in [0.25, 0.3) is 0 Å². The molecule has 4 heteroatoms.